The summed E-state index contributed by atoms with van der Waals surface area (Å²) in [6.45, 7) is 0. The van der Waals surface area contributed by atoms with Crippen LogP contribution in [0.5, 0.6) is 0 Å². The van der Waals surface area contributed by atoms with Crippen molar-refractivity contribution in [3.05, 3.63) is 33.8 Å². The Balaban J connectivity index is 2.21. The fraction of sp³-hybridized carbons (Fsp3) is 0.455. The van der Waals surface area contributed by atoms with Crippen LogP contribution in [-0.2, 0) is 0 Å². The summed E-state index contributed by atoms with van der Waals surface area (Å²) in [5, 5.41) is 0.898. The number of benzene rings is 1. The summed E-state index contributed by atoms with van der Waals surface area (Å²) in [4.78, 5) is 0. The molecule has 2 rings (SSSR count). The largest absolute Gasteiger partial charge is 0.248 e. The van der Waals surface area contributed by atoms with Gasteiger partial charge in [0.1, 0.15) is 0 Å². The predicted molar refractivity (Wildman–Crippen MR) is 58.0 cm³/mol. The third-order valence-corrected chi connectivity index (χ3v) is 3.56. The Bertz CT molecular complexity index is 377. The normalized spacial score (nSPS) is 24.4. The van der Waals surface area contributed by atoms with Crippen LogP contribution < -0.4 is 0 Å². The van der Waals surface area contributed by atoms with Gasteiger partial charge in [0, 0.05) is 12.8 Å². The molecular weight excluding hydrogens is 241 g/mol. The van der Waals surface area contributed by atoms with E-state index in [1.54, 1.807) is 18.2 Å². The highest BCUT2D eigenvalue weighted by molar-refractivity contribution is 6.42. The van der Waals surface area contributed by atoms with Gasteiger partial charge in [-0.2, -0.15) is 0 Å². The van der Waals surface area contributed by atoms with Crippen molar-refractivity contribution in [2.75, 3.05) is 0 Å². The summed E-state index contributed by atoms with van der Waals surface area (Å²) in [6.07, 6.45) is 0.411. The molecule has 0 aromatic heterocycles. The molecule has 0 saturated heterocycles. The summed E-state index contributed by atoms with van der Waals surface area (Å²) in [5.74, 6) is -2.61. The van der Waals surface area contributed by atoms with Crippen LogP contribution >= 0.6 is 23.2 Å². The topological polar surface area (TPSA) is 0 Å². The van der Waals surface area contributed by atoms with Crippen molar-refractivity contribution in [1.82, 2.24) is 0 Å². The fourth-order valence-corrected chi connectivity index (χ4v) is 2.31. The maximum absolute atomic E-state index is 13.0. The van der Waals surface area contributed by atoms with E-state index in [1.165, 1.54) is 0 Å². The van der Waals surface area contributed by atoms with Crippen LogP contribution in [0.15, 0.2) is 18.2 Å². The average Bonchev–Trinajstić information content (AvgIpc) is 2.51. The molecule has 1 fully saturated rings. The van der Waals surface area contributed by atoms with Crippen molar-refractivity contribution in [2.24, 2.45) is 0 Å². The molecule has 15 heavy (non-hydrogen) atoms. The highest BCUT2D eigenvalue weighted by Crippen LogP contribution is 2.44. The van der Waals surface area contributed by atoms with Gasteiger partial charge in [-0.25, -0.2) is 8.78 Å². The maximum atomic E-state index is 13.0. The molecule has 0 amide bonds. The number of hydrogen-bond acceptors (Lipinski definition) is 0. The number of alkyl halides is 2. The lowest BCUT2D eigenvalue weighted by Gasteiger charge is -2.11. The van der Waals surface area contributed by atoms with Crippen molar-refractivity contribution < 1.29 is 8.78 Å². The molecule has 0 radical (unpaired) electrons. The molecule has 0 heterocycles. The van der Waals surface area contributed by atoms with E-state index < -0.39 is 5.92 Å². The molecule has 1 aliphatic carbocycles. The Morgan fingerprint density at radius 3 is 2.47 bits per heavy atom. The van der Waals surface area contributed by atoms with E-state index in [-0.39, 0.29) is 18.8 Å². The second-order valence-corrected chi connectivity index (χ2v) is 4.78. The molecule has 0 nitrogen and oxygen atoms in total. The summed E-state index contributed by atoms with van der Waals surface area (Å²) < 4.78 is 26.0. The Morgan fingerprint density at radius 1 is 1.20 bits per heavy atom. The van der Waals surface area contributed by atoms with Crippen LogP contribution in [0.2, 0.25) is 10.0 Å². The van der Waals surface area contributed by atoms with Crippen LogP contribution in [0.3, 0.4) is 0 Å². The van der Waals surface area contributed by atoms with E-state index in [2.05, 4.69) is 0 Å². The second-order valence-electron chi connectivity index (χ2n) is 3.97. The van der Waals surface area contributed by atoms with Gasteiger partial charge in [0.05, 0.1) is 10.0 Å². The van der Waals surface area contributed by atoms with Crippen molar-refractivity contribution in [2.45, 2.75) is 31.1 Å². The van der Waals surface area contributed by atoms with Gasteiger partial charge in [0.25, 0.3) is 0 Å². The third kappa shape index (κ3) is 2.43. The average molecular weight is 251 g/mol. The second kappa shape index (κ2) is 3.91. The smallest absolute Gasteiger partial charge is 0.207 e. The standard InChI is InChI=1S/C11H10Cl2F2/c12-9-2-1-7(5-10(9)13)8-3-4-11(14,15)6-8/h1-2,5,8H,3-4,6H2. The highest BCUT2D eigenvalue weighted by Gasteiger charge is 2.39. The van der Waals surface area contributed by atoms with Crippen molar-refractivity contribution in [3.8, 4) is 0 Å². The summed E-state index contributed by atoms with van der Waals surface area (Å²) in [6, 6.07) is 5.13. The molecule has 1 atom stereocenters. The van der Waals surface area contributed by atoms with E-state index in [9.17, 15) is 8.78 Å². The van der Waals surface area contributed by atoms with Gasteiger partial charge in [-0.1, -0.05) is 29.3 Å². The van der Waals surface area contributed by atoms with Gasteiger partial charge < -0.3 is 0 Å². The SMILES string of the molecule is FC1(F)CCC(c2ccc(Cl)c(Cl)c2)C1. The van der Waals surface area contributed by atoms with Crippen LogP contribution in [0.1, 0.15) is 30.7 Å². The van der Waals surface area contributed by atoms with Crippen molar-refractivity contribution in [1.29, 1.82) is 0 Å². The zero-order valence-electron chi connectivity index (χ0n) is 7.94. The summed E-state index contributed by atoms with van der Waals surface area (Å²) >= 11 is 11.6. The first-order chi connectivity index (χ1) is 6.98. The summed E-state index contributed by atoms with van der Waals surface area (Å²) in [5.41, 5.74) is 0.863. The van der Waals surface area contributed by atoms with Crippen LogP contribution in [0, 0.1) is 0 Å². The molecule has 82 valence electrons. The quantitative estimate of drug-likeness (QED) is 0.666. The van der Waals surface area contributed by atoms with E-state index >= 15 is 0 Å². The molecule has 1 unspecified atom stereocenters. The number of halogens is 4. The fourth-order valence-electron chi connectivity index (χ4n) is 2.00. The first kappa shape index (κ1) is 11.2. The Hall–Kier alpha value is -0.340. The first-order valence-corrected chi connectivity index (χ1v) is 5.56. The van der Waals surface area contributed by atoms with E-state index in [0.717, 1.165) is 5.56 Å². The molecule has 1 aromatic rings. The van der Waals surface area contributed by atoms with Crippen LogP contribution in [0.25, 0.3) is 0 Å². The molecule has 0 N–H and O–H groups in total. The Morgan fingerprint density at radius 2 is 1.93 bits per heavy atom. The number of rotatable bonds is 1. The zero-order chi connectivity index (χ0) is 11.1. The van der Waals surface area contributed by atoms with Crippen LogP contribution in [0.4, 0.5) is 8.78 Å². The Kier molecular flexibility index (Phi) is 2.91. The van der Waals surface area contributed by atoms with Gasteiger partial charge in [-0.15, -0.1) is 0 Å². The molecular formula is C11H10Cl2F2. The zero-order valence-corrected chi connectivity index (χ0v) is 9.45. The minimum atomic E-state index is -2.52. The molecule has 1 saturated carbocycles. The van der Waals surface area contributed by atoms with Crippen molar-refractivity contribution in [3.63, 3.8) is 0 Å². The Labute approximate surface area is 97.2 Å². The van der Waals surface area contributed by atoms with Gasteiger partial charge in [-0.3, -0.25) is 0 Å². The summed E-state index contributed by atoms with van der Waals surface area (Å²) in [7, 11) is 0. The van der Waals surface area contributed by atoms with Gasteiger partial charge in [0.2, 0.25) is 5.92 Å². The molecule has 0 spiro atoms. The van der Waals surface area contributed by atoms with E-state index in [1.807, 2.05) is 0 Å². The minimum absolute atomic E-state index is 0.0298. The highest BCUT2D eigenvalue weighted by atomic mass is 35.5. The molecule has 0 bridgehead atoms. The molecule has 4 heteroatoms. The van der Waals surface area contributed by atoms with E-state index in [4.69, 9.17) is 23.2 Å². The van der Waals surface area contributed by atoms with Crippen LogP contribution in [-0.4, -0.2) is 5.92 Å². The van der Waals surface area contributed by atoms with Gasteiger partial charge in [-0.05, 0) is 30.0 Å². The third-order valence-electron chi connectivity index (χ3n) is 2.82. The first-order valence-electron chi connectivity index (χ1n) is 4.81. The lowest BCUT2D eigenvalue weighted by molar-refractivity contribution is 0.00777. The van der Waals surface area contributed by atoms with Gasteiger partial charge >= 0.3 is 0 Å². The van der Waals surface area contributed by atoms with Crippen molar-refractivity contribution >= 4 is 23.2 Å². The lowest BCUT2D eigenvalue weighted by atomic mass is 9.98. The minimum Gasteiger partial charge on any atom is -0.207 e. The van der Waals surface area contributed by atoms with E-state index in [0.29, 0.717) is 16.5 Å². The molecule has 1 aromatic carbocycles. The lowest BCUT2D eigenvalue weighted by Crippen LogP contribution is -2.09. The molecule has 1 aliphatic rings. The molecule has 0 aliphatic heterocycles. The predicted octanol–water partition coefficient (Wildman–Crippen LogP) is 4.90. The maximum Gasteiger partial charge on any atom is 0.248 e. The van der Waals surface area contributed by atoms with Gasteiger partial charge in [0.15, 0.2) is 0 Å². The monoisotopic (exact) mass is 250 g/mol. The number of hydrogen-bond donors (Lipinski definition) is 0.